The van der Waals surface area contributed by atoms with Crippen LogP contribution in [0.5, 0.6) is 5.75 Å². The topological polar surface area (TPSA) is 58.2 Å². The van der Waals surface area contributed by atoms with Crippen LogP contribution >= 0.6 is 0 Å². The zero-order valence-electron chi connectivity index (χ0n) is 13.7. The zero-order valence-corrected chi connectivity index (χ0v) is 13.7. The first-order valence-electron chi connectivity index (χ1n) is 8.08. The van der Waals surface area contributed by atoms with E-state index >= 15 is 0 Å². The van der Waals surface area contributed by atoms with Gasteiger partial charge in [0.15, 0.2) is 0 Å². The van der Waals surface area contributed by atoms with Gasteiger partial charge in [-0.25, -0.2) is 4.98 Å². The second-order valence-electron chi connectivity index (χ2n) is 6.16. The van der Waals surface area contributed by atoms with Crippen molar-refractivity contribution in [2.75, 3.05) is 20.2 Å². The van der Waals surface area contributed by atoms with Crippen LogP contribution in [0, 0.1) is 6.92 Å². The molecular weight excluding hydrogens is 290 g/mol. The molecule has 5 nitrogen and oxygen atoms in total. The van der Waals surface area contributed by atoms with E-state index in [-0.39, 0.29) is 11.5 Å². The van der Waals surface area contributed by atoms with Crippen molar-refractivity contribution in [2.24, 2.45) is 0 Å². The Morgan fingerprint density at radius 1 is 1.39 bits per heavy atom. The second-order valence-corrected chi connectivity index (χ2v) is 6.16. The number of ether oxygens (including phenoxy) is 1. The summed E-state index contributed by atoms with van der Waals surface area (Å²) in [5, 5.41) is 0. The summed E-state index contributed by atoms with van der Waals surface area (Å²) in [4.78, 5) is 21.5. The van der Waals surface area contributed by atoms with E-state index in [2.05, 4.69) is 20.9 Å². The Balaban J connectivity index is 1.74. The van der Waals surface area contributed by atoms with Gasteiger partial charge in [-0.3, -0.25) is 9.69 Å². The number of nitrogens with zero attached hydrogens (tertiary/aromatic N) is 2. The Morgan fingerprint density at radius 2 is 2.22 bits per heavy atom. The number of hydrogen-bond donors (Lipinski definition) is 1. The molecule has 1 fully saturated rings. The van der Waals surface area contributed by atoms with E-state index in [4.69, 9.17) is 4.74 Å². The lowest BCUT2D eigenvalue weighted by Gasteiger charge is -2.32. The van der Waals surface area contributed by atoms with Crippen molar-refractivity contribution in [3.05, 3.63) is 57.8 Å². The highest BCUT2D eigenvalue weighted by atomic mass is 16.5. The number of likely N-dealkylation sites (tertiary alicyclic amines) is 1. The molecule has 1 atom stereocenters. The number of H-pyrrole nitrogens is 1. The SMILES string of the molecule is COc1ccccc1CN1CCC[C@@H](c2nc(C)cc(=O)[nH]2)C1. The van der Waals surface area contributed by atoms with E-state index in [1.807, 2.05) is 25.1 Å². The second kappa shape index (κ2) is 6.96. The molecule has 2 heterocycles. The Hall–Kier alpha value is -2.14. The lowest BCUT2D eigenvalue weighted by Crippen LogP contribution is -2.35. The van der Waals surface area contributed by atoms with Crippen LogP contribution < -0.4 is 10.3 Å². The number of aryl methyl sites for hydroxylation is 1. The number of para-hydroxylation sites is 1. The van der Waals surface area contributed by atoms with Crippen molar-refractivity contribution in [1.29, 1.82) is 0 Å². The molecule has 1 saturated heterocycles. The standard InChI is InChI=1S/C18H23N3O2/c1-13-10-17(22)20-18(19-13)15-7-5-9-21(12-15)11-14-6-3-4-8-16(14)23-2/h3-4,6,8,10,15H,5,7,9,11-12H2,1-2H3,(H,19,20,22)/t15-/m1/s1. The van der Waals surface area contributed by atoms with Crippen LogP contribution in [0.15, 0.2) is 35.1 Å². The molecule has 122 valence electrons. The van der Waals surface area contributed by atoms with E-state index < -0.39 is 0 Å². The maximum Gasteiger partial charge on any atom is 0.251 e. The van der Waals surface area contributed by atoms with Gasteiger partial charge in [-0.15, -0.1) is 0 Å². The van der Waals surface area contributed by atoms with Gasteiger partial charge in [0.1, 0.15) is 11.6 Å². The molecular formula is C18H23N3O2. The van der Waals surface area contributed by atoms with E-state index in [9.17, 15) is 4.79 Å². The maximum absolute atomic E-state index is 11.7. The van der Waals surface area contributed by atoms with E-state index in [1.54, 1.807) is 13.2 Å². The van der Waals surface area contributed by atoms with Crippen LogP contribution in [0.25, 0.3) is 0 Å². The van der Waals surface area contributed by atoms with Gasteiger partial charge in [-0.2, -0.15) is 0 Å². The molecule has 1 aromatic carbocycles. The van der Waals surface area contributed by atoms with Gasteiger partial charge >= 0.3 is 0 Å². The molecule has 3 rings (SSSR count). The van der Waals surface area contributed by atoms with Gasteiger partial charge < -0.3 is 9.72 Å². The van der Waals surface area contributed by atoms with Gasteiger partial charge in [0.05, 0.1) is 7.11 Å². The van der Waals surface area contributed by atoms with Crippen molar-refractivity contribution >= 4 is 0 Å². The number of benzene rings is 1. The summed E-state index contributed by atoms with van der Waals surface area (Å²) in [6.07, 6.45) is 2.17. The van der Waals surface area contributed by atoms with Crippen LogP contribution in [-0.4, -0.2) is 35.1 Å². The molecule has 0 saturated carbocycles. The number of rotatable bonds is 4. The lowest BCUT2D eigenvalue weighted by atomic mass is 9.96. The summed E-state index contributed by atoms with van der Waals surface area (Å²) in [5.74, 6) is 2.03. The number of methoxy groups -OCH3 is 1. The molecule has 2 aromatic rings. The monoisotopic (exact) mass is 313 g/mol. The highest BCUT2D eigenvalue weighted by Gasteiger charge is 2.24. The number of piperidine rings is 1. The quantitative estimate of drug-likeness (QED) is 0.942. The van der Waals surface area contributed by atoms with Crippen LogP contribution in [-0.2, 0) is 6.54 Å². The summed E-state index contributed by atoms with van der Waals surface area (Å²) in [5.41, 5.74) is 1.92. The molecule has 23 heavy (non-hydrogen) atoms. The molecule has 5 heteroatoms. The lowest BCUT2D eigenvalue weighted by molar-refractivity contribution is 0.194. The van der Waals surface area contributed by atoms with Crippen molar-refractivity contribution in [1.82, 2.24) is 14.9 Å². The fourth-order valence-electron chi connectivity index (χ4n) is 3.29. The molecule has 1 aliphatic heterocycles. The average molecular weight is 313 g/mol. The fourth-order valence-corrected chi connectivity index (χ4v) is 3.29. The molecule has 0 amide bonds. The van der Waals surface area contributed by atoms with Crippen molar-refractivity contribution in [3.63, 3.8) is 0 Å². The number of hydrogen-bond acceptors (Lipinski definition) is 4. The molecule has 1 aliphatic rings. The molecule has 0 radical (unpaired) electrons. The summed E-state index contributed by atoms with van der Waals surface area (Å²) >= 11 is 0. The van der Waals surface area contributed by atoms with Crippen LogP contribution in [0.1, 0.15) is 35.8 Å². The summed E-state index contributed by atoms with van der Waals surface area (Å²) in [6, 6.07) is 9.67. The third kappa shape index (κ3) is 3.79. The maximum atomic E-state index is 11.7. The number of nitrogens with one attached hydrogen (secondary N) is 1. The third-order valence-corrected chi connectivity index (χ3v) is 4.37. The minimum Gasteiger partial charge on any atom is -0.496 e. The first-order chi connectivity index (χ1) is 11.2. The molecule has 0 unspecified atom stereocenters. The molecule has 0 aliphatic carbocycles. The highest BCUT2D eigenvalue weighted by molar-refractivity contribution is 5.33. The van der Waals surface area contributed by atoms with Crippen molar-refractivity contribution < 1.29 is 4.74 Å². The number of aromatic amines is 1. The minimum atomic E-state index is -0.0608. The van der Waals surface area contributed by atoms with E-state index in [0.717, 1.165) is 49.7 Å². The van der Waals surface area contributed by atoms with Gasteiger partial charge in [0.25, 0.3) is 5.56 Å². The van der Waals surface area contributed by atoms with Crippen molar-refractivity contribution in [2.45, 2.75) is 32.2 Å². The van der Waals surface area contributed by atoms with Crippen LogP contribution in [0.3, 0.4) is 0 Å². The third-order valence-electron chi connectivity index (χ3n) is 4.37. The van der Waals surface area contributed by atoms with Crippen LogP contribution in [0.4, 0.5) is 0 Å². The van der Waals surface area contributed by atoms with Gasteiger partial charge in [0, 0.05) is 36.3 Å². The predicted octanol–water partition coefficient (Wildman–Crippen LogP) is 2.47. The van der Waals surface area contributed by atoms with E-state index in [1.165, 1.54) is 5.56 Å². The predicted molar refractivity (Wildman–Crippen MR) is 89.8 cm³/mol. The van der Waals surface area contributed by atoms with Crippen LogP contribution in [0.2, 0.25) is 0 Å². The first kappa shape index (κ1) is 15.7. The Kier molecular flexibility index (Phi) is 4.76. The number of aromatic nitrogens is 2. The largest absolute Gasteiger partial charge is 0.496 e. The molecule has 1 aromatic heterocycles. The average Bonchev–Trinajstić information content (AvgIpc) is 2.55. The van der Waals surface area contributed by atoms with Gasteiger partial charge in [0.2, 0.25) is 0 Å². The van der Waals surface area contributed by atoms with Gasteiger partial charge in [-0.05, 0) is 32.4 Å². The van der Waals surface area contributed by atoms with Crippen molar-refractivity contribution in [3.8, 4) is 5.75 Å². The summed E-state index contributed by atoms with van der Waals surface area (Å²) in [7, 11) is 1.71. The molecule has 0 spiro atoms. The Labute approximate surface area is 136 Å². The highest BCUT2D eigenvalue weighted by Crippen LogP contribution is 2.27. The summed E-state index contributed by atoms with van der Waals surface area (Å²) < 4.78 is 5.44. The molecule has 1 N–H and O–H groups in total. The smallest absolute Gasteiger partial charge is 0.251 e. The Morgan fingerprint density at radius 3 is 3.00 bits per heavy atom. The van der Waals surface area contributed by atoms with Gasteiger partial charge in [-0.1, -0.05) is 18.2 Å². The fraction of sp³-hybridized carbons (Fsp3) is 0.444. The normalized spacial score (nSPS) is 18.8. The minimum absolute atomic E-state index is 0.0608. The Bertz CT molecular complexity index is 726. The molecule has 0 bridgehead atoms. The first-order valence-corrected chi connectivity index (χ1v) is 8.08. The van der Waals surface area contributed by atoms with E-state index in [0.29, 0.717) is 0 Å². The summed E-state index contributed by atoms with van der Waals surface area (Å²) in [6.45, 7) is 4.69. The zero-order chi connectivity index (χ0) is 16.2.